The molecular weight excluding hydrogens is 336 g/mol. The minimum atomic E-state index is -0.941. The Morgan fingerprint density at radius 2 is 2.00 bits per heavy atom. The summed E-state index contributed by atoms with van der Waals surface area (Å²) in [6.45, 7) is 2.01. The van der Waals surface area contributed by atoms with E-state index in [0.717, 1.165) is 12.1 Å². The van der Waals surface area contributed by atoms with Crippen LogP contribution in [0.1, 0.15) is 23.7 Å². The van der Waals surface area contributed by atoms with Crippen LogP contribution in [0.5, 0.6) is 0 Å². The van der Waals surface area contributed by atoms with Crippen LogP contribution in [0.2, 0.25) is 0 Å². The van der Waals surface area contributed by atoms with Gasteiger partial charge in [0.15, 0.2) is 0 Å². The topological polar surface area (TPSA) is 78.9 Å². The van der Waals surface area contributed by atoms with Crippen molar-refractivity contribution in [2.75, 3.05) is 13.1 Å². The van der Waals surface area contributed by atoms with E-state index in [2.05, 4.69) is 21.1 Å². The quantitative estimate of drug-likeness (QED) is 0.370. The van der Waals surface area contributed by atoms with Crippen LogP contribution in [0.25, 0.3) is 0 Å². The summed E-state index contributed by atoms with van der Waals surface area (Å²) in [5.41, 5.74) is 4.69. The average molecular weight is 350 g/mol. The van der Waals surface area contributed by atoms with Crippen molar-refractivity contribution in [3.63, 3.8) is 0 Å². The lowest BCUT2D eigenvalue weighted by molar-refractivity contribution is 0.0758. The molecular formula is C12H14BrF2N3O2. The van der Waals surface area contributed by atoms with Gasteiger partial charge in [-0.1, -0.05) is 21.1 Å². The third kappa shape index (κ3) is 3.89. The van der Waals surface area contributed by atoms with Gasteiger partial charge in [-0.3, -0.25) is 4.79 Å². The van der Waals surface area contributed by atoms with Gasteiger partial charge in [-0.05, 0) is 19.1 Å². The molecule has 110 valence electrons. The highest BCUT2D eigenvalue weighted by Crippen LogP contribution is 2.21. The Balaban J connectivity index is 2.97. The van der Waals surface area contributed by atoms with Crippen molar-refractivity contribution >= 4 is 27.7 Å². The summed E-state index contributed by atoms with van der Waals surface area (Å²) in [6.07, 6.45) is 0.107. The average Bonchev–Trinajstić information content (AvgIpc) is 2.37. The number of amidine groups is 1. The number of carbonyl (C=O) groups excluding carboxylic acids is 1. The number of rotatable bonds is 5. The SMILES string of the molecule is CCN(CCC(N)=NO)C(=O)c1c(F)cc(Br)cc1F. The summed E-state index contributed by atoms with van der Waals surface area (Å²) < 4.78 is 27.6. The number of benzene rings is 1. The van der Waals surface area contributed by atoms with E-state index in [-0.39, 0.29) is 29.8 Å². The predicted octanol–water partition coefficient (Wildman–Crippen LogP) is 2.33. The highest BCUT2D eigenvalue weighted by molar-refractivity contribution is 9.10. The predicted molar refractivity (Wildman–Crippen MR) is 73.7 cm³/mol. The Bertz CT molecular complexity index is 514. The molecule has 1 aromatic rings. The zero-order chi connectivity index (χ0) is 15.3. The van der Waals surface area contributed by atoms with E-state index >= 15 is 0 Å². The Morgan fingerprint density at radius 1 is 1.45 bits per heavy atom. The summed E-state index contributed by atoms with van der Waals surface area (Å²) in [5, 5.41) is 11.2. The third-order valence-corrected chi connectivity index (χ3v) is 3.11. The summed E-state index contributed by atoms with van der Waals surface area (Å²) >= 11 is 2.94. The molecule has 0 atom stereocenters. The second kappa shape index (κ2) is 7.18. The molecule has 1 aromatic carbocycles. The molecule has 20 heavy (non-hydrogen) atoms. The molecule has 0 aliphatic heterocycles. The molecule has 8 heteroatoms. The molecule has 3 N–H and O–H groups in total. The summed E-state index contributed by atoms with van der Waals surface area (Å²) in [5.74, 6) is -2.72. The summed E-state index contributed by atoms with van der Waals surface area (Å²) in [6, 6.07) is 2.04. The highest BCUT2D eigenvalue weighted by Gasteiger charge is 2.23. The molecule has 0 radical (unpaired) electrons. The Kier molecular flexibility index (Phi) is 5.87. The van der Waals surface area contributed by atoms with E-state index in [4.69, 9.17) is 10.9 Å². The molecule has 0 bridgehead atoms. The first-order chi connectivity index (χ1) is 9.40. The summed E-state index contributed by atoms with van der Waals surface area (Å²) in [7, 11) is 0. The van der Waals surface area contributed by atoms with Crippen LogP contribution in [0.4, 0.5) is 8.78 Å². The molecule has 0 aromatic heterocycles. The van der Waals surface area contributed by atoms with Gasteiger partial charge in [-0.2, -0.15) is 0 Å². The van der Waals surface area contributed by atoms with Crippen molar-refractivity contribution < 1.29 is 18.8 Å². The normalized spacial score (nSPS) is 11.5. The second-order valence-corrected chi connectivity index (χ2v) is 4.89. The number of halogens is 3. The smallest absolute Gasteiger partial charge is 0.259 e. The van der Waals surface area contributed by atoms with Crippen LogP contribution < -0.4 is 5.73 Å². The number of nitrogens with zero attached hydrogens (tertiary/aromatic N) is 2. The maximum atomic E-state index is 13.7. The molecule has 0 unspecified atom stereocenters. The first-order valence-corrected chi connectivity index (χ1v) is 6.60. The monoisotopic (exact) mass is 349 g/mol. The molecule has 5 nitrogen and oxygen atoms in total. The van der Waals surface area contributed by atoms with Crippen LogP contribution in [0, 0.1) is 11.6 Å². The van der Waals surface area contributed by atoms with Gasteiger partial charge < -0.3 is 15.8 Å². The fraction of sp³-hybridized carbons (Fsp3) is 0.333. The molecule has 0 saturated carbocycles. The second-order valence-electron chi connectivity index (χ2n) is 3.97. The largest absolute Gasteiger partial charge is 0.409 e. The van der Waals surface area contributed by atoms with Crippen molar-refractivity contribution in [3.8, 4) is 0 Å². The van der Waals surface area contributed by atoms with Crippen LogP contribution in [0.3, 0.4) is 0 Å². The maximum Gasteiger partial charge on any atom is 0.259 e. The first kappa shape index (κ1) is 16.4. The van der Waals surface area contributed by atoms with Crippen molar-refractivity contribution in [1.29, 1.82) is 0 Å². The van der Waals surface area contributed by atoms with Crippen molar-refractivity contribution in [3.05, 3.63) is 33.8 Å². The standard InChI is InChI=1S/C12H14BrF2N3O2/c1-2-18(4-3-10(16)17-20)12(19)11-8(14)5-7(13)6-9(11)15/h5-6,20H,2-4H2,1H3,(H2,16,17). The van der Waals surface area contributed by atoms with Crippen LogP contribution in [-0.4, -0.2) is 34.9 Å². The van der Waals surface area contributed by atoms with Crippen molar-refractivity contribution in [2.24, 2.45) is 10.9 Å². The highest BCUT2D eigenvalue weighted by atomic mass is 79.9. The minimum absolute atomic E-state index is 0.0620. The Morgan fingerprint density at radius 3 is 2.45 bits per heavy atom. The Labute approximate surface area is 123 Å². The van der Waals surface area contributed by atoms with Gasteiger partial charge >= 0.3 is 0 Å². The fourth-order valence-electron chi connectivity index (χ4n) is 1.61. The zero-order valence-electron chi connectivity index (χ0n) is 10.7. The van der Waals surface area contributed by atoms with E-state index in [0.29, 0.717) is 0 Å². The van der Waals surface area contributed by atoms with Gasteiger partial charge in [0.2, 0.25) is 0 Å². The number of carbonyl (C=O) groups is 1. The number of hydrogen-bond donors (Lipinski definition) is 2. The van der Waals surface area contributed by atoms with Crippen molar-refractivity contribution in [1.82, 2.24) is 4.90 Å². The van der Waals surface area contributed by atoms with Crippen LogP contribution >= 0.6 is 15.9 Å². The van der Waals surface area contributed by atoms with Gasteiger partial charge in [-0.25, -0.2) is 8.78 Å². The van der Waals surface area contributed by atoms with Gasteiger partial charge in [0.25, 0.3) is 5.91 Å². The Hall–Kier alpha value is -1.70. The number of oxime groups is 1. The van der Waals surface area contributed by atoms with E-state index in [1.807, 2.05) is 0 Å². The molecule has 1 rings (SSSR count). The number of amides is 1. The first-order valence-electron chi connectivity index (χ1n) is 5.80. The molecule has 0 fully saturated rings. The van der Waals surface area contributed by atoms with Gasteiger partial charge in [0, 0.05) is 24.0 Å². The lowest BCUT2D eigenvalue weighted by atomic mass is 10.1. The van der Waals surface area contributed by atoms with Gasteiger partial charge in [0.1, 0.15) is 23.0 Å². The van der Waals surface area contributed by atoms with E-state index in [1.54, 1.807) is 6.92 Å². The van der Waals surface area contributed by atoms with Crippen LogP contribution in [0.15, 0.2) is 21.8 Å². The minimum Gasteiger partial charge on any atom is -0.409 e. The maximum absolute atomic E-state index is 13.7. The lowest BCUT2D eigenvalue weighted by Gasteiger charge is -2.21. The van der Waals surface area contributed by atoms with Gasteiger partial charge in [0.05, 0.1) is 0 Å². The zero-order valence-corrected chi connectivity index (χ0v) is 12.3. The molecule has 1 amide bonds. The molecule has 0 aliphatic carbocycles. The van der Waals surface area contributed by atoms with E-state index < -0.39 is 23.1 Å². The molecule has 0 heterocycles. The van der Waals surface area contributed by atoms with Crippen molar-refractivity contribution in [2.45, 2.75) is 13.3 Å². The van der Waals surface area contributed by atoms with E-state index in [9.17, 15) is 13.6 Å². The summed E-state index contributed by atoms with van der Waals surface area (Å²) in [4.78, 5) is 13.3. The third-order valence-electron chi connectivity index (χ3n) is 2.66. The van der Waals surface area contributed by atoms with Crippen LogP contribution in [-0.2, 0) is 0 Å². The molecule has 0 spiro atoms. The molecule has 0 aliphatic rings. The fourth-order valence-corrected chi connectivity index (χ4v) is 2.01. The van der Waals surface area contributed by atoms with E-state index in [1.165, 1.54) is 4.90 Å². The number of nitrogens with two attached hydrogens (primary N) is 1. The van der Waals surface area contributed by atoms with Gasteiger partial charge in [-0.15, -0.1) is 0 Å². The molecule has 0 saturated heterocycles. The lowest BCUT2D eigenvalue weighted by Crippen LogP contribution is -2.35. The number of hydrogen-bond acceptors (Lipinski definition) is 3.